The molecule has 0 spiro atoms. The number of esters is 1. The van der Waals surface area contributed by atoms with Crippen molar-refractivity contribution in [2.24, 2.45) is 0 Å². The molecule has 21 heavy (non-hydrogen) atoms. The average molecular weight is 358 g/mol. The van der Waals surface area contributed by atoms with Crippen molar-refractivity contribution < 1.29 is 18.7 Å². The summed E-state index contributed by atoms with van der Waals surface area (Å²) in [6, 6.07) is 4.41. The maximum Gasteiger partial charge on any atom is 0.331 e. The zero-order chi connectivity index (χ0) is 15.8. The zero-order valence-corrected chi connectivity index (χ0v) is 13.4. The van der Waals surface area contributed by atoms with E-state index in [0.717, 1.165) is 12.5 Å². The largest absolute Gasteiger partial charge is 0.452 e. The minimum absolute atomic E-state index is 0.0301. The Bertz CT molecular complexity index is 546. The van der Waals surface area contributed by atoms with E-state index in [0.29, 0.717) is 4.47 Å². The molecule has 1 N–H and O–H groups in total. The Morgan fingerprint density at radius 2 is 2.19 bits per heavy atom. The lowest BCUT2D eigenvalue weighted by atomic mass is 10.2. The Labute approximate surface area is 131 Å². The summed E-state index contributed by atoms with van der Waals surface area (Å²) in [6.07, 6.45) is 3.18. The maximum absolute atomic E-state index is 13.4. The van der Waals surface area contributed by atoms with E-state index in [1.807, 2.05) is 13.8 Å². The van der Waals surface area contributed by atoms with Gasteiger partial charge in [0.25, 0.3) is 5.91 Å². The minimum atomic E-state index is -0.700. The first-order chi connectivity index (χ1) is 9.92. The number of benzene rings is 1. The van der Waals surface area contributed by atoms with Crippen molar-refractivity contribution in [3.05, 3.63) is 40.1 Å². The number of hydrogen-bond acceptors (Lipinski definition) is 3. The quantitative estimate of drug-likeness (QED) is 0.628. The Kier molecular flexibility index (Phi) is 7.08. The summed E-state index contributed by atoms with van der Waals surface area (Å²) in [5.41, 5.74) is 0.255. The predicted octanol–water partition coefficient (Wildman–Crippen LogP) is 3.06. The molecule has 0 aliphatic rings. The van der Waals surface area contributed by atoms with Crippen molar-refractivity contribution in [1.82, 2.24) is 5.32 Å². The van der Waals surface area contributed by atoms with Crippen LogP contribution in [0.15, 0.2) is 28.7 Å². The molecule has 0 aliphatic carbocycles. The Balaban J connectivity index is 2.48. The lowest BCUT2D eigenvalue weighted by Crippen LogP contribution is -2.35. The van der Waals surface area contributed by atoms with Gasteiger partial charge in [-0.15, -0.1) is 0 Å². The van der Waals surface area contributed by atoms with Crippen molar-refractivity contribution in [2.45, 2.75) is 26.3 Å². The molecule has 0 radical (unpaired) electrons. The van der Waals surface area contributed by atoms with Gasteiger partial charge < -0.3 is 10.1 Å². The normalized spacial score (nSPS) is 12.2. The molecule has 0 fully saturated rings. The molecule has 0 saturated carbocycles. The van der Waals surface area contributed by atoms with Gasteiger partial charge >= 0.3 is 5.97 Å². The summed E-state index contributed by atoms with van der Waals surface area (Å²) in [5, 5.41) is 2.67. The summed E-state index contributed by atoms with van der Waals surface area (Å²) in [5.74, 6) is -1.51. The lowest BCUT2D eigenvalue weighted by molar-refractivity contribution is -0.144. The number of hydrogen-bond donors (Lipinski definition) is 1. The van der Waals surface area contributed by atoms with Gasteiger partial charge in [0.2, 0.25) is 0 Å². The van der Waals surface area contributed by atoms with Crippen LogP contribution in [0.25, 0.3) is 6.08 Å². The van der Waals surface area contributed by atoms with Gasteiger partial charge in [-0.3, -0.25) is 4.79 Å². The third-order valence-corrected chi connectivity index (χ3v) is 3.22. The first-order valence-electron chi connectivity index (χ1n) is 6.51. The molecule has 6 heteroatoms. The average Bonchev–Trinajstić information content (AvgIpc) is 2.45. The van der Waals surface area contributed by atoms with Gasteiger partial charge in [0.1, 0.15) is 5.82 Å². The van der Waals surface area contributed by atoms with Crippen LogP contribution in [0.2, 0.25) is 0 Å². The van der Waals surface area contributed by atoms with Crippen LogP contribution in [-0.2, 0) is 14.3 Å². The smallest absolute Gasteiger partial charge is 0.331 e. The van der Waals surface area contributed by atoms with Crippen LogP contribution in [-0.4, -0.2) is 24.5 Å². The van der Waals surface area contributed by atoms with Crippen molar-refractivity contribution in [1.29, 1.82) is 0 Å². The summed E-state index contributed by atoms with van der Waals surface area (Å²) in [7, 11) is 0. The predicted molar refractivity (Wildman–Crippen MR) is 82.0 cm³/mol. The van der Waals surface area contributed by atoms with Crippen LogP contribution in [0, 0.1) is 5.82 Å². The van der Waals surface area contributed by atoms with Gasteiger partial charge in [0.15, 0.2) is 6.61 Å². The second-order valence-corrected chi connectivity index (χ2v) is 5.40. The van der Waals surface area contributed by atoms with Crippen LogP contribution in [0.1, 0.15) is 25.8 Å². The number of halogens is 2. The summed E-state index contributed by atoms with van der Waals surface area (Å²) in [6.45, 7) is 3.44. The topological polar surface area (TPSA) is 55.4 Å². The Morgan fingerprint density at radius 1 is 1.48 bits per heavy atom. The SMILES string of the molecule is CC[C@@H](C)NC(=O)COC(=O)/C=C/c1cc(Br)ccc1F. The molecule has 0 aromatic heterocycles. The zero-order valence-electron chi connectivity index (χ0n) is 11.9. The highest BCUT2D eigenvalue weighted by molar-refractivity contribution is 9.10. The first-order valence-corrected chi connectivity index (χ1v) is 7.31. The summed E-state index contributed by atoms with van der Waals surface area (Å²) >= 11 is 3.21. The molecule has 114 valence electrons. The number of amides is 1. The van der Waals surface area contributed by atoms with Gasteiger partial charge in [-0.1, -0.05) is 22.9 Å². The Hall–Kier alpha value is -1.69. The first kappa shape index (κ1) is 17.4. The molecule has 1 atom stereocenters. The second kappa shape index (κ2) is 8.56. The highest BCUT2D eigenvalue weighted by atomic mass is 79.9. The van der Waals surface area contributed by atoms with E-state index in [4.69, 9.17) is 4.74 Å². The second-order valence-electron chi connectivity index (χ2n) is 4.48. The van der Waals surface area contributed by atoms with E-state index in [2.05, 4.69) is 21.2 Å². The highest BCUT2D eigenvalue weighted by Gasteiger charge is 2.08. The molecule has 1 aromatic rings. The molecular weight excluding hydrogens is 341 g/mol. The van der Waals surface area contributed by atoms with Crippen molar-refractivity contribution in [3.8, 4) is 0 Å². The van der Waals surface area contributed by atoms with Crippen LogP contribution in [0.5, 0.6) is 0 Å². The lowest BCUT2D eigenvalue weighted by Gasteiger charge is -2.10. The molecular formula is C15H17BrFNO3. The van der Waals surface area contributed by atoms with E-state index in [9.17, 15) is 14.0 Å². The number of carbonyl (C=O) groups excluding carboxylic acids is 2. The number of nitrogens with one attached hydrogen (secondary N) is 1. The third kappa shape index (κ3) is 6.53. The molecule has 4 nitrogen and oxygen atoms in total. The van der Waals surface area contributed by atoms with E-state index in [1.165, 1.54) is 18.2 Å². The number of carbonyl (C=O) groups is 2. The van der Waals surface area contributed by atoms with Crippen molar-refractivity contribution in [2.75, 3.05) is 6.61 Å². The maximum atomic E-state index is 13.4. The van der Waals surface area contributed by atoms with Crippen LogP contribution in [0.3, 0.4) is 0 Å². The highest BCUT2D eigenvalue weighted by Crippen LogP contribution is 2.16. The van der Waals surface area contributed by atoms with E-state index in [-0.39, 0.29) is 24.1 Å². The van der Waals surface area contributed by atoms with E-state index < -0.39 is 11.8 Å². The van der Waals surface area contributed by atoms with Gasteiger partial charge in [-0.25, -0.2) is 9.18 Å². The fourth-order valence-electron chi connectivity index (χ4n) is 1.40. The fraction of sp³-hybridized carbons (Fsp3) is 0.333. The monoisotopic (exact) mass is 357 g/mol. The van der Waals surface area contributed by atoms with Gasteiger partial charge in [-0.2, -0.15) is 0 Å². The van der Waals surface area contributed by atoms with Gasteiger partial charge in [0, 0.05) is 22.2 Å². The molecule has 1 amide bonds. The molecule has 0 bridgehead atoms. The number of ether oxygens (including phenoxy) is 1. The minimum Gasteiger partial charge on any atom is -0.452 e. The third-order valence-electron chi connectivity index (χ3n) is 2.72. The molecule has 0 heterocycles. The fourth-order valence-corrected chi connectivity index (χ4v) is 1.78. The standard InChI is InChI=1S/C15H17BrFNO3/c1-3-10(2)18-14(19)9-21-15(20)7-4-11-8-12(16)5-6-13(11)17/h4-8,10H,3,9H2,1-2H3,(H,18,19)/b7-4+/t10-/m1/s1. The molecule has 1 rings (SSSR count). The summed E-state index contributed by atoms with van der Waals surface area (Å²) in [4.78, 5) is 22.9. The number of rotatable bonds is 6. The van der Waals surface area contributed by atoms with Gasteiger partial charge in [0.05, 0.1) is 0 Å². The van der Waals surface area contributed by atoms with E-state index >= 15 is 0 Å². The van der Waals surface area contributed by atoms with Crippen molar-refractivity contribution in [3.63, 3.8) is 0 Å². The van der Waals surface area contributed by atoms with Crippen LogP contribution >= 0.6 is 15.9 Å². The molecule has 0 unspecified atom stereocenters. The Morgan fingerprint density at radius 3 is 2.86 bits per heavy atom. The van der Waals surface area contributed by atoms with Gasteiger partial charge in [-0.05, 0) is 37.6 Å². The van der Waals surface area contributed by atoms with Crippen LogP contribution < -0.4 is 5.32 Å². The molecule has 0 saturated heterocycles. The van der Waals surface area contributed by atoms with E-state index in [1.54, 1.807) is 6.07 Å². The summed E-state index contributed by atoms with van der Waals surface area (Å²) < 4.78 is 18.9. The molecule has 0 aliphatic heterocycles. The van der Waals surface area contributed by atoms with Crippen LogP contribution in [0.4, 0.5) is 4.39 Å². The van der Waals surface area contributed by atoms with Crippen molar-refractivity contribution >= 4 is 33.9 Å². The molecule has 1 aromatic carbocycles.